The van der Waals surface area contributed by atoms with E-state index in [0.29, 0.717) is 16.9 Å². The lowest BCUT2D eigenvalue weighted by Crippen LogP contribution is -2.42. The topological polar surface area (TPSA) is 156 Å². The summed E-state index contributed by atoms with van der Waals surface area (Å²) < 4.78 is 36.3. The number of aromatic amines is 1. The molecular weight excluding hydrogens is 552 g/mol. The average Bonchev–Trinajstić information content (AvgIpc) is 3.39. The fraction of sp³-hybridized carbons (Fsp3) is 0.179. The number of carbonyl (C=O) groups excluding carboxylic acids is 1. The summed E-state index contributed by atoms with van der Waals surface area (Å²) >= 11 is 0. The number of amides is 1. The number of aliphatic hydroxyl groups is 1. The summed E-state index contributed by atoms with van der Waals surface area (Å²) in [6.07, 6.45) is 2.58. The van der Waals surface area contributed by atoms with Crippen LogP contribution in [0.1, 0.15) is 24.2 Å². The first-order chi connectivity index (χ1) is 20.2. The Bertz CT molecular complexity index is 1900. The van der Waals surface area contributed by atoms with Crippen molar-refractivity contribution in [1.29, 1.82) is 0 Å². The molecule has 0 aliphatic heterocycles. The molecule has 0 saturated heterocycles. The first kappa shape index (κ1) is 28.2. The lowest BCUT2D eigenvalue weighted by molar-refractivity contribution is 0.102. The van der Waals surface area contributed by atoms with Crippen LogP contribution in [0.15, 0.2) is 70.5 Å². The van der Waals surface area contributed by atoms with Crippen molar-refractivity contribution in [3.63, 3.8) is 0 Å². The van der Waals surface area contributed by atoms with Crippen molar-refractivity contribution in [2.45, 2.75) is 26.4 Å². The van der Waals surface area contributed by atoms with E-state index in [1.165, 1.54) is 36.5 Å². The monoisotopic (exact) mass is 577 g/mol. The molecule has 0 aliphatic rings. The second-order valence-corrected chi connectivity index (χ2v) is 9.26. The predicted octanol–water partition coefficient (Wildman–Crippen LogP) is 3.41. The van der Waals surface area contributed by atoms with Gasteiger partial charge < -0.3 is 20.5 Å². The third kappa shape index (κ3) is 5.47. The number of aromatic nitrogens is 5. The van der Waals surface area contributed by atoms with Crippen molar-refractivity contribution < 1.29 is 23.4 Å². The van der Waals surface area contributed by atoms with Gasteiger partial charge in [-0.1, -0.05) is 0 Å². The second kappa shape index (κ2) is 11.6. The van der Waals surface area contributed by atoms with Crippen molar-refractivity contribution >= 4 is 28.4 Å². The lowest BCUT2D eigenvalue weighted by Gasteiger charge is -2.13. The molecule has 0 aliphatic carbocycles. The zero-order chi connectivity index (χ0) is 30.0. The van der Waals surface area contributed by atoms with E-state index in [2.05, 4.69) is 25.8 Å². The number of H-pyrrole nitrogens is 1. The number of hydrogen-bond donors (Lipinski definition) is 4. The molecule has 0 saturated carbocycles. The van der Waals surface area contributed by atoms with Crippen LogP contribution in [0.5, 0.6) is 11.5 Å². The van der Waals surface area contributed by atoms with E-state index >= 15 is 4.39 Å². The number of fused-ring (bicyclic) bond motifs is 1. The van der Waals surface area contributed by atoms with Crippen LogP contribution in [0.2, 0.25) is 0 Å². The van der Waals surface area contributed by atoms with E-state index in [4.69, 9.17) is 4.74 Å². The molecule has 0 radical (unpaired) electrons. The smallest absolute Gasteiger partial charge is 0.335 e. The first-order valence-corrected chi connectivity index (χ1v) is 12.8. The second-order valence-electron chi connectivity index (χ2n) is 9.26. The Hall–Kier alpha value is -5.37. The van der Waals surface area contributed by atoms with Gasteiger partial charge in [0.1, 0.15) is 22.5 Å². The molecule has 14 heteroatoms. The van der Waals surface area contributed by atoms with Crippen molar-refractivity contribution in [1.82, 2.24) is 24.3 Å². The Balaban J connectivity index is 1.42. The Morgan fingerprint density at radius 1 is 1.12 bits per heavy atom. The maximum absolute atomic E-state index is 15.1. The number of anilines is 2. The normalized spacial score (nSPS) is 11.8. The van der Waals surface area contributed by atoms with Gasteiger partial charge in [0, 0.05) is 42.8 Å². The number of ether oxygens (including phenoxy) is 1. The van der Waals surface area contributed by atoms with Crippen LogP contribution in [-0.2, 0) is 6.54 Å². The van der Waals surface area contributed by atoms with Crippen molar-refractivity contribution in [3.05, 3.63) is 99.0 Å². The van der Waals surface area contributed by atoms with Crippen LogP contribution in [0.25, 0.3) is 16.7 Å². The van der Waals surface area contributed by atoms with Gasteiger partial charge >= 0.3 is 5.69 Å². The van der Waals surface area contributed by atoms with E-state index in [9.17, 15) is 23.9 Å². The maximum Gasteiger partial charge on any atom is 0.335 e. The highest BCUT2D eigenvalue weighted by molar-refractivity contribution is 6.04. The van der Waals surface area contributed by atoms with Gasteiger partial charge in [0.25, 0.3) is 11.5 Å². The molecule has 1 atom stereocenters. The van der Waals surface area contributed by atoms with Gasteiger partial charge in [-0.2, -0.15) is 5.10 Å². The summed E-state index contributed by atoms with van der Waals surface area (Å²) in [5, 5.41) is 22.2. The number of pyridine rings is 1. The number of carbonyl (C=O) groups is 1. The molecule has 5 aromatic rings. The van der Waals surface area contributed by atoms with Gasteiger partial charge in [-0.25, -0.2) is 23.1 Å². The van der Waals surface area contributed by atoms with Crippen LogP contribution < -0.4 is 26.6 Å². The Morgan fingerprint density at radius 2 is 1.88 bits per heavy atom. The summed E-state index contributed by atoms with van der Waals surface area (Å²) in [7, 11) is 0. The van der Waals surface area contributed by atoms with Gasteiger partial charge in [0.05, 0.1) is 12.3 Å². The Morgan fingerprint density at radius 3 is 2.57 bits per heavy atom. The third-order valence-electron chi connectivity index (χ3n) is 6.32. The Labute approximate surface area is 236 Å². The molecule has 12 nitrogen and oxygen atoms in total. The molecule has 3 heterocycles. The van der Waals surface area contributed by atoms with Gasteiger partial charge in [0.2, 0.25) is 0 Å². The molecule has 1 unspecified atom stereocenters. The van der Waals surface area contributed by atoms with Crippen LogP contribution >= 0.6 is 0 Å². The molecule has 2 aromatic carbocycles. The fourth-order valence-corrected chi connectivity index (χ4v) is 4.17. The minimum Gasteiger partial charge on any atom is -0.453 e. The quantitative estimate of drug-likeness (QED) is 0.208. The van der Waals surface area contributed by atoms with E-state index in [0.717, 1.165) is 33.5 Å². The first-order valence-electron chi connectivity index (χ1n) is 12.8. The van der Waals surface area contributed by atoms with Gasteiger partial charge in [-0.3, -0.25) is 19.3 Å². The Kier molecular flexibility index (Phi) is 7.80. The number of rotatable bonds is 9. The van der Waals surface area contributed by atoms with Crippen molar-refractivity contribution in [2.24, 2.45) is 0 Å². The lowest BCUT2D eigenvalue weighted by atomic mass is 10.2. The SMILES string of the molecule is CCn1cc(C(=O)Nc2ccc(Oc3ccnc4[nH]nc(NC(C)CO)c34)c(F)c2)c(=O)n(-c2ccc(F)cc2)c1=O. The summed E-state index contributed by atoms with van der Waals surface area (Å²) in [6, 6.07) is 9.58. The van der Waals surface area contributed by atoms with E-state index < -0.39 is 28.8 Å². The predicted molar refractivity (Wildman–Crippen MR) is 150 cm³/mol. The van der Waals surface area contributed by atoms with Gasteiger partial charge in [-0.05, 0) is 50.2 Å². The fourth-order valence-electron chi connectivity index (χ4n) is 4.17. The number of hydrogen-bond acceptors (Lipinski definition) is 8. The molecule has 1 amide bonds. The third-order valence-corrected chi connectivity index (χ3v) is 6.32. The molecule has 42 heavy (non-hydrogen) atoms. The van der Waals surface area contributed by atoms with E-state index in [1.807, 2.05) is 0 Å². The average molecular weight is 578 g/mol. The number of nitrogens with one attached hydrogen (secondary N) is 3. The zero-order valence-electron chi connectivity index (χ0n) is 22.4. The minimum atomic E-state index is -0.920. The summed E-state index contributed by atoms with van der Waals surface area (Å²) in [4.78, 5) is 43.3. The van der Waals surface area contributed by atoms with Crippen LogP contribution in [0.4, 0.5) is 20.3 Å². The molecule has 0 fully saturated rings. The highest BCUT2D eigenvalue weighted by Gasteiger charge is 2.20. The summed E-state index contributed by atoms with van der Waals surface area (Å²) in [5.41, 5.74) is -1.51. The number of benzene rings is 2. The van der Waals surface area contributed by atoms with Crippen LogP contribution in [0, 0.1) is 11.6 Å². The number of nitrogens with zero attached hydrogens (tertiary/aromatic N) is 4. The number of aliphatic hydroxyl groups excluding tert-OH is 1. The van der Waals surface area contributed by atoms with Gasteiger partial charge in [0.15, 0.2) is 23.0 Å². The zero-order valence-corrected chi connectivity index (χ0v) is 22.4. The largest absolute Gasteiger partial charge is 0.453 e. The molecule has 5 rings (SSSR count). The molecule has 3 aromatic heterocycles. The van der Waals surface area contributed by atoms with Crippen molar-refractivity contribution in [2.75, 3.05) is 17.2 Å². The van der Waals surface area contributed by atoms with Gasteiger partial charge in [-0.15, -0.1) is 0 Å². The standard InChI is InChI=1S/C28H25F2N7O5/c1-3-36-13-19(27(40)37(28(36)41)18-7-4-16(29)5-8-18)26(39)33-17-6-9-21(20(30)12-17)42-22-10-11-31-24-23(22)25(35-34-24)32-15(2)14-38/h4-13,15,38H,3,14H2,1-2H3,(H,33,39)(H2,31,32,34,35). The van der Waals surface area contributed by atoms with Crippen molar-refractivity contribution in [3.8, 4) is 17.2 Å². The van der Waals surface area contributed by atoms with Crippen LogP contribution in [-0.4, -0.2) is 48.0 Å². The number of halogens is 2. The minimum absolute atomic E-state index is 0.0224. The molecule has 216 valence electrons. The van der Waals surface area contributed by atoms with Crippen LogP contribution in [0.3, 0.4) is 0 Å². The highest BCUT2D eigenvalue weighted by atomic mass is 19.1. The summed E-state index contributed by atoms with van der Waals surface area (Å²) in [5.74, 6) is -1.83. The van der Waals surface area contributed by atoms with E-state index in [1.54, 1.807) is 13.8 Å². The molecular formula is C28H25F2N7O5. The maximum atomic E-state index is 15.1. The molecule has 0 spiro atoms. The number of aryl methyl sites for hydroxylation is 1. The molecule has 4 N–H and O–H groups in total. The van der Waals surface area contributed by atoms with E-state index in [-0.39, 0.29) is 47.6 Å². The molecule has 0 bridgehead atoms. The highest BCUT2D eigenvalue weighted by Crippen LogP contribution is 2.34. The summed E-state index contributed by atoms with van der Waals surface area (Å²) in [6.45, 7) is 3.41.